The third-order valence-corrected chi connectivity index (χ3v) is 4.66. The van der Waals surface area contributed by atoms with Crippen LogP contribution in [0.15, 0.2) is 12.1 Å². The van der Waals surface area contributed by atoms with Gasteiger partial charge in [-0.25, -0.2) is 0 Å². The molecule has 1 fully saturated rings. The largest absolute Gasteiger partial charge is 0.491 e. The van der Waals surface area contributed by atoms with Crippen LogP contribution in [0.5, 0.6) is 5.75 Å². The van der Waals surface area contributed by atoms with Crippen molar-refractivity contribution in [2.24, 2.45) is 0 Å². The van der Waals surface area contributed by atoms with Gasteiger partial charge < -0.3 is 14.2 Å². The molecule has 1 heterocycles. The van der Waals surface area contributed by atoms with Crippen LogP contribution in [0.4, 0.5) is 10.1 Å². The molecule has 7 nitrogen and oxygen atoms in total. The van der Waals surface area contributed by atoms with Gasteiger partial charge in [-0.1, -0.05) is 6.92 Å². The average molecular weight is 356 g/mol. The summed E-state index contributed by atoms with van der Waals surface area (Å²) >= 11 is 0. The summed E-state index contributed by atoms with van der Waals surface area (Å²) in [5, 5.41) is 11.1. The molecule has 0 aliphatic carbocycles. The smallest absolute Gasteiger partial charge is 0.305 e. The molecule has 140 valence electrons. The Morgan fingerprint density at radius 1 is 1.32 bits per heavy atom. The minimum Gasteiger partial charge on any atom is -0.491 e. The zero-order valence-corrected chi connectivity index (χ0v) is 14.9. The number of benzene rings is 1. The van der Waals surface area contributed by atoms with E-state index in [0.717, 1.165) is 19.2 Å². The minimum atomic E-state index is -0.896. The maximum absolute atomic E-state index is 14.0. The summed E-state index contributed by atoms with van der Waals surface area (Å²) in [6, 6.07) is 2.50. The standard InChI is InChI=1S/C17H25FN2O5/c1-12(13(2)19-4-6-24-7-5-19)14-10-16(20(21)22)15(18)11-17(14)25-9-8-23-3/h10-13H,4-9H2,1-3H3/t12-,13?/m1/s1. The number of ether oxygens (including phenoxy) is 3. The van der Waals surface area contributed by atoms with E-state index in [-0.39, 0.29) is 18.6 Å². The molecule has 1 aromatic carbocycles. The highest BCUT2D eigenvalue weighted by molar-refractivity contribution is 5.47. The Labute approximate surface area is 146 Å². The molecule has 1 saturated heterocycles. The van der Waals surface area contributed by atoms with E-state index >= 15 is 0 Å². The molecule has 0 spiro atoms. The van der Waals surface area contributed by atoms with E-state index in [1.54, 1.807) is 7.11 Å². The molecule has 0 saturated carbocycles. The Morgan fingerprint density at radius 2 is 2.00 bits per heavy atom. The first kappa shape index (κ1) is 19.6. The summed E-state index contributed by atoms with van der Waals surface area (Å²) in [6.45, 7) is 7.56. The lowest BCUT2D eigenvalue weighted by Gasteiger charge is -2.36. The van der Waals surface area contributed by atoms with Crippen molar-refractivity contribution in [2.75, 3.05) is 46.6 Å². The third kappa shape index (κ3) is 4.87. The monoisotopic (exact) mass is 356 g/mol. The van der Waals surface area contributed by atoms with Crippen molar-refractivity contribution in [3.8, 4) is 5.75 Å². The van der Waals surface area contributed by atoms with Crippen LogP contribution in [0, 0.1) is 15.9 Å². The fourth-order valence-corrected chi connectivity index (χ4v) is 2.98. The van der Waals surface area contributed by atoms with Crippen molar-refractivity contribution in [3.05, 3.63) is 33.6 Å². The van der Waals surface area contributed by atoms with Gasteiger partial charge in [0.25, 0.3) is 0 Å². The van der Waals surface area contributed by atoms with Gasteiger partial charge in [0.2, 0.25) is 5.82 Å². The molecule has 0 bridgehead atoms. The minimum absolute atomic E-state index is 0.0741. The molecule has 0 N–H and O–H groups in total. The molecule has 0 aromatic heterocycles. The number of rotatable bonds is 8. The van der Waals surface area contributed by atoms with Crippen molar-refractivity contribution >= 4 is 5.69 Å². The van der Waals surface area contributed by atoms with Gasteiger partial charge >= 0.3 is 5.69 Å². The van der Waals surface area contributed by atoms with Crippen LogP contribution in [0.3, 0.4) is 0 Å². The quantitative estimate of drug-likeness (QED) is 0.405. The summed E-state index contributed by atoms with van der Waals surface area (Å²) in [4.78, 5) is 12.7. The van der Waals surface area contributed by atoms with Crippen LogP contribution in [-0.4, -0.2) is 62.5 Å². The van der Waals surface area contributed by atoms with Crippen LogP contribution in [-0.2, 0) is 9.47 Å². The predicted molar refractivity (Wildman–Crippen MR) is 90.7 cm³/mol. The van der Waals surface area contributed by atoms with E-state index in [1.807, 2.05) is 6.92 Å². The first-order chi connectivity index (χ1) is 12.0. The molecule has 1 aromatic rings. The average Bonchev–Trinajstić information content (AvgIpc) is 2.61. The molecule has 1 aliphatic rings. The predicted octanol–water partition coefficient (Wildman–Crippen LogP) is 2.58. The molecule has 8 heteroatoms. The molecule has 0 amide bonds. The lowest BCUT2D eigenvalue weighted by molar-refractivity contribution is -0.387. The lowest BCUT2D eigenvalue weighted by atomic mass is 9.91. The molecule has 2 rings (SSSR count). The number of morpholine rings is 1. The topological polar surface area (TPSA) is 74.1 Å². The van der Waals surface area contributed by atoms with Crippen molar-refractivity contribution in [1.82, 2.24) is 4.90 Å². The van der Waals surface area contributed by atoms with Crippen molar-refractivity contribution in [1.29, 1.82) is 0 Å². The maximum Gasteiger partial charge on any atom is 0.305 e. The van der Waals surface area contributed by atoms with Crippen molar-refractivity contribution in [2.45, 2.75) is 25.8 Å². The second kappa shape index (κ2) is 9.07. The normalized spacial score (nSPS) is 17.9. The maximum atomic E-state index is 14.0. The van der Waals surface area contributed by atoms with Crippen LogP contribution >= 0.6 is 0 Å². The second-order valence-electron chi connectivity index (χ2n) is 6.12. The van der Waals surface area contributed by atoms with E-state index in [1.165, 1.54) is 6.07 Å². The van der Waals surface area contributed by atoms with Gasteiger partial charge in [0.15, 0.2) is 0 Å². The Balaban J connectivity index is 2.30. The van der Waals surface area contributed by atoms with Gasteiger partial charge in [0, 0.05) is 49.9 Å². The molecule has 2 atom stereocenters. The third-order valence-electron chi connectivity index (χ3n) is 4.66. The molecule has 0 radical (unpaired) electrons. The summed E-state index contributed by atoms with van der Waals surface area (Å²) in [6.07, 6.45) is 0. The summed E-state index contributed by atoms with van der Waals surface area (Å²) in [5.41, 5.74) is 0.0957. The number of nitro groups is 1. The van der Waals surface area contributed by atoms with Crippen LogP contribution < -0.4 is 4.74 Å². The van der Waals surface area contributed by atoms with E-state index in [4.69, 9.17) is 14.2 Å². The van der Waals surface area contributed by atoms with Crippen molar-refractivity contribution in [3.63, 3.8) is 0 Å². The molecular formula is C17H25FN2O5. The van der Waals surface area contributed by atoms with Gasteiger partial charge in [-0.05, 0) is 6.92 Å². The first-order valence-corrected chi connectivity index (χ1v) is 8.37. The SMILES string of the molecule is COCCOc1cc(F)c([N+](=O)[O-])cc1[C@H](C)C(C)N1CCOCC1. The highest BCUT2D eigenvalue weighted by Crippen LogP contribution is 2.35. The van der Waals surface area contributed by atoms with Gasteiger partial charge in [0.1, 0.15) is 12.4 Å². The fourth-order valence-electron chi connectivity index (χ4n) is 2.98. The zero-order chi connectivity index (χ0) is 18.4. The number of hydrogen-bond acceptors (Lipinski definition) is 6. The Morgan fingerprint density at radius 3 is 2.60 bits per heavy atom. The second-order valence-corrected chi connectivity index (χ2v) is 6.12. The lowest BCUT2D eigenvalue weighted by Crippen LogP contribution is -2.44. The number of nitro benzene ring substituents is 1. The Bertz CT molecular complexity index is 593. The fraction of sp³-hybridized carbons (Fsp3) is 0.647. The van der Waals surface area contributed by atoms with Gasteiger partial charge in [-0.15, -0.1) is 0 Å². The van der Waals surface area contributed by atoms with Crippen LogP contribution in [0.2, 0.25) is 0 Å². The highest BCUT2D eigenvalue weighted by atomic mass is 19.1. The van der Waals surface area contributed by atoms with Gasteiger partial charge in [-0.2, -0.15) is 4.39 Å². The van der Waals surface area contributed by atoms with E-state index in [0.29, 0.717) is 31.1 Å². The molecular weight excluding hydrogens is 331 g/mol. The van der Waals surface area contributed by atoms with Gasteiger partial charge in [0.05, 0.1) is 24.7 Å². The molecule has 1 unspecified atom stereocenters. The summed E-state index contributed by atoms with van der Waals surface area (Å²) in [5.74, 6) is -0.643. The van der Waals surface area contributed by atoms with Crippen molar-refractivity contribution < 1.29 is 23.5 Å². The van der Waals surface area contributed by atoms with E-state index in [9.17, 15) is 14.5 Å². The first-order valence-electron chi connectivity index (χ1n) is 8.37. The number of hydrogen-bond donors (Lipinski definition) is 0. The molecule has 25 heavy (non-hydrogen) atoms. The van der Waals surface area contributed by atoms with E-state index < -0.39 is 16.4 Å². The number of methoxy groups -OCH3 is 1. The summed E-state index contributed by atoms with van der Waals surface area (Å²) < 4.78 is 30.0. The number of nitrogens with zero attached hydrogens (tertiary/aromatic N) is 2. The van der Waals surface area contributed by atoms with E-state index in [2.05, 4.69) is 11.8 Å². The molecule has 1 aliphatic heterocycles. The van der Waals surface area contributed by atoms with Crippen LogP contribution in [0.1, 0.15) is 25.3 Å². The Kier molecular flexibility index (Phi) is 7.10. The Hall–Kier alpha value is -1.77. The van der Waals surface area contributed by atoms with Gasteiger partial charge in [-0.3, -0.25) is 15.0 Å². The zero-order valence-electron chi connectivity index (χ0n) is 14.9. The summed E-state index contributed by atoms with van der Waals surface area (Å²) in [7, 11) is 1.55. The highest BCUT2D eigenvalue weighted by Gasteiger charge is 2.28. The van der Waals surface area contributed by atoms with Crippen LogP contribution in [0.25, 0.3) is 0 Å². The number of halogens is 1.